The minimum atomic E-state index is -4.28. The molecule has 0 bridgehead atoms. The maximum absolute atomic E-state index is 12.4. The monoisotopic (exact) mass is 273 g/mol. The summed E-state index contributed by atoms with van der Waals surface area (Å²) in [5.74, 6) is 0.560. The van der Waals surface area contributed by atoms with Gasteiger partial charge in [-0.15, -0.1) is 10.2 Å². The van der Waals surface area contributed by atoms with Crippen molar-refractivity contribution < 1.29 is 13.2 Å². The van der Waals surface area contributed by atoms with Gasteiger partial charge in [-0.3, -0.25) is 0 Å². The van der Waals surface area contributed by atoms with Crippen molar-refractivity contribution in [3.63, 3.8) is 0 Å². The molecule has 0 spiro atoms. The zero-order valence-electron chi connectivity index (χ0n) is 9.48. The van der Waals surface area contributed by atoms with Gasteiger partial charge in [0.1, 0.15) is 6.33 Å². The Labute approximate surface area is 106 Å². The maximum atomic E-state index is 12.4. The number of aryl methyl sites for hydroxylation is 1. The highest BCUT2D eigenvalue weighted by atomic mass is 32.2. The molecule has 2 aromatic rings. The van der Waals surface area contributed by atoms with Crippen LogP contribution in [-0.2, 0) is 19.0 Å². The van der Waals surface area contributed by atoms with E-state index in [1.807, 2.05) is 7.05 Å². The standard InChI is InChI=1S/C11H10F3N3S/c1-17-7-15-16-10(17)18-6-8-2-4-9(5-3-8)11(12,13)14/h2-5,7H,6H2,1H3. The third-order valence-corrected chi connectivity index (χ3v) is 3.42. The van der Waals surface area contributed by atoms with Crippen LogP contribution in [0.5, 0.6) is 0 Å². The molecule has 0 N–H and O–H groups in total. The van der Waals surface area contributed by atoms with Crippen LogP contribution >= 0.6 is 11.8 Å². The van der Waals surface area contributed by atoms with Crippen molar-refractivity contribution in [3.05, 3.63) is 41.7 Å². The smallest absolute Gasteiger partial charge is 0.312 e. The Balaban J connectivity index is 2.01. The van der Waals surface area contributed by atoms with Crippen LogP contribution in [0.4, 0.5) is 13.2 Å². The average molecular weight is 273 g/mol. The van der Waals surface area contributed by atoms with E-state index in [-0.39, 0.29) is 0 Å². The van der Waals surface area contributed by atoms with Crippen LogP contribution in [0.3, 0.4) is 0 Å². The first-order chi connectivity index (χ1) is 8.47. The number of hydrogen-bond acceptors (Lipinski definition) is 3. The fraction of sp³-hybridized carbons (Fsp3) is 0.273. The van der Waals surface area contributed by atoms with Crippen molar-refractivity contribution in [2.45, 2.75) is 17.1 Å². The van der Waals surface area contributed by atoms with Gasteiger partial charge in [0.25, 0.3) is 0 Å². The Morgan fingerprint density at radius 2 is 1.89 bits per heavy atom. The Hall–Kier alpha value is -1.50. The van der Waals surface area contributed by atoms with Crippen molar-refractivity contribution in [1.29, 1.82) is 0 Å². The lowest BCUT2D eigenvalue weighted by Gasteiger charge is -2.07. The van der Waals surface area contributed by atoms with Gasteiger partial charge in [-0.2, -0.15) is 13.2 Å². The number of nitrogens with zero attached hydrogens (tertiary/aromatic N) is 3. The molecule has 0 aliphatic heterocycles. The predicted molar refractivity (Wildman–Crippen MR) is 62.0 cm³/mol. The third kappa shape index (κ3) is 3.04. The number of halogens is 3. The lowest BCUT2D eigenvalue weighted by Crippen LogP contribution is -2.04. The average Bonchev–Trinajstić information content (AvgIpc) is 2.72. The second-order valence-corrected chi connectivity index (χ2v) is 4.65. The highest BCUT2D eigenvalue weighted by Crippen LogP contribution is 2.30. The lowest BCUT2D eigenvalue weighted by molar-refractivity contribution is -0.137. The van der Waals surface area contributed by atoms with Crippen molar-refractivity contribution in [3.8, 4) is 0 Å². The second-order valence-electron chi connectivity index (χ2n) is 3.71. The molecule has 0 amide bonds. The molecule has 18 heavy (non-hydrogen) atoms. The van der Waals surface area contributed by atoms with Crippen LogP contribution in [0.15, 0.2) is 35.7 Å². The van der Waals surface area contributed by atoms with Crippen molar-refractivity contribution in [2.75, 3.05) is 0 Å². The van der Waals surface area contributed by atoms with E-state index in [4.69, 9.17) is 0 Å². The zero-order chi connectivity index (χ0) is 13.2. The molecule has 0 aliphatic rings. The van der Waals surface area contributed by atoms with Gasteiger partial charge in [0.05, 0.1) is 5.56 Å². The summed E-state index contributed by atoms with van der Waals surface area (Å²) in [6.45, 7) is 0. The molecular formula is C11H10F3N3S. The summed E-state index contributed by atoms with van der Waals surface area (Å²) in [5.41, 5.74) is 0.186. The van der Waals surface area contributed by atoms with E-state index in [1.54, 1.807) is 10.9 Å². The van der Waals surface area contributed by atoms with Crippen molar-refractivity contribution in [1.82, 2.24) is 14.8 Å². The highest BCUT2D eigenvalue weighted by Gasteiger charge is 2.29. The first kappa shape index (κ1) is 12.9. The number of rotatable bonds is 3. The molecule has 96 valence electrons. The van der Waals surface area contributed by atoms with Gasteiger partial charge >= 0.3 is 6.18 Å². The summed E-state index contributed by atoms with van der Waals surface area (Å²) in [7, 11) is 1.81. The van der Waals surface area contributed by atoms with Crippen molar-refractivity contribution >= 4 is 11.8 Å². The molecule has 0 saturated carbocycles. The van der Waals surface area contributed by atoms with Crippen LogP contribution < -0.4 is 0 Å². The number of thioether (sulfide) groups is 1. The summed E-state index contributed by atoms with van der Waals surface area (Å²) in [6, 6.07) is 5.14. The molecule has 2 rings (SSSR count). The molecule has 0 aliphatic carbocycles. The Morgan fingerprint density at radius 1 is 1.22 bits per heavy atom. The number of hydrogen-bond donors (Lipinski definition) is 0. The van der Waals surface area contributed by atoms with Gasteiger partial charge < -0.3 is 4.57 Å². The quantitative estimate of drug-likeness (QED) is 0.805. The van der Waals surface area contributed by atoms with E-state index in [0.29, 0.717) is 5.75 Å². The van der Waals surface area contributed by atoms with Gasteiger partial charge in [0.2, 0.25) is 0 Å². The molecule has 0 fully saturated rings. The van der Waals surface area contributed by atoms with Crippen molar-refractivity contribution in [2.24, 2.45) is 7.05 Å². The first-order valence-electron chi connectivity index (χ1n) is 5.10. The molecular weight excluding hydrogens is 263 g/mol. The van der Waals surface area contributed by atoms with E-state index in [9.17, 15) is 13.2 Å². The van der Waals surface area contributed by atoms with Gasteiger partial charge in [-0.25, -0.2) is 0 Å². The fourth-order valence-electron chi connectivity index (χ4n) is 1.34. The van der Waals surface area contributed by atoms with Crippen LogP contribution in [0.2, 0.25) is 0 Å². The third-order valence-electron chi connectivity index (χ3n) is 2.32. The van der Waals surface area contributed by atoms with Crippen LogP contribution in [-0.4, -0.2) is 14.8 Å². The summed E-state index contributed by atoms with van der Waals surface area (Å²) in [4.78, 5) is 0. The lowest BCUT2D eigenvalue weighted by atomic mass is 10.1. The molecule has 7 heteroatoms. The SMILES string of the molecule is Cn1cnnc1SCc1ccc(C(F)(F)F)cc1. The number of benzene rings is 1. The minimum Gasteiger partial charge on any atom is -0.312 e. The largest absolute Gasteiger partial charge is 0.416 e. The number of alkyl halides is 3. The Bertz CT molecular complexity index is 519. The molecule has 0 unspecified atom stereocenters. The second kappa shape index (κ2) is 5.01. The molecule has 0 saturated heterocycles. The van der Waals surface area contributed by atoms with E-state index in [1.165, 1.54) is 23.9 Å². The van der Waals surface area contributed by atoms with E-state index < -0.39 is 11.7 Å². The van der Waals surface area contributed by atoms with E-state index in [0.717, 1.165) is 22.9 Å². The predicted octanol–water partition coefficient (Wildman–Crippen LogP) is 3.13. The van der Waals surface area contributed by atoms with Gasteiger partial charge in [0.15, 0.2) is 5.16 Å². The van der Waals surface area contributed by atoms with E-state index in [2.05, 4.69) is 10.2 Å². The molecule has 0 atom stereocenters. The van der Waals surface area contributed by atoms with Gasteiger partial charge in [-0.1, -0.05) is 23.9 Å². The first-order valence-corrected chi connectivity index (χ1v) is 6.08. The topological polar surface area (TPSA) is 30.7 Å². The summed E-state index contributed by atoms with van der Waals surface area (Å²) >= 11 is 1.43. The van der Waals surface area contributed by atoms with Gasteiger partial charge in [-0.05, 0) is 17.7 Å². The Kier molecular flexibility index (Phi) is 3.60. The Morgan fingerprint density at radius 3 is 2.39 bits per heavy atom. The van der Waals surface area contributed by atoms with Crippen LogP contribution in [0.1, 0.15) is 11.1 Å². The minimum absolute atomic E-state index is 0.560. The summed E-state index contributed by atoms with van der Waals surface area (Å²) < 4.78 is 38.8. The zero-order valence-corrected chi connectivity index (χ0v) is 10.3. The van der Waals surface area contributed by atoms with Gasteiger partial charge in [0, 0.05) is 12.8 Å². The maximum Gasteiger partial charge on any atom is 0.416 e. The normalized spacial score (nSPS) is 11.8. The number of aromatic nitrogens is 3. The van der Waals surface area contributed by atoms with Crippen LogP contribution in [0.25, 0.3) is 0 Å². The van der Waals surface area contributed by atoms with E-state index >= 15 is 0 Å². The summed E-state index contributed by atoms with van der Waals surface area (Å²) in [6.07, 6.45) is -2.70. The molecule has 3 nitrogen and oxygen atoms in total. The molecule has 1 aromatic carbocycles. The van der Waals surface area contributed by atoms with Crippen LogP contribution in [0, 0.1) is 0 Å². The molecule has 1 aromatic heterocycles. The summed E-state index contributed by atoms with van der Waals surface area (Å²) in [5, 5.41) is 8.34. The molecule has 0 radical (unpaired) electrons. The highest BCUT2D eigenvalue weighted by molar-refractivity contribution is 7.98. The molecule has 1 heterocycles. The fourth-order valence-corrected chi connectivity index (χ4v) is 2.18.